The fraction of sp³-hybridized carbons (Fsp3) is 0.211. The summed E-state index contributed by atoms with van der Waals surface area (Å²) in [6.45, 7) is 3.46. The lowest BCUT2D eigenvalue weighted by Crippen LogP contribution is -2.31. The number of rotatable bonds is 4. The van der Waals surface area contributed by atoms with E-state index in [2.05, 4.69) is 20.3 Å². The number of benzene rings is 1. The Morgan fingerprint density at radius 1 is 1.37 bits per heavy atom. The summed E-state index contributed by atoms with van der Waals surface area (Å²) in [4.78, 5) is 35.3. The van der Waals surface area contributed by atoms with Gasteiger partial charge in [-0.1, -0.05) is 0 Å². The van der Waals surface area contributed by atoms with Gasteiger partial charge in [0.1, 0.15) is 11.9 Å². The maximum Gasteiger partial charge on any atom is 0.252 e. The molecule has 1 aromatic carbocycles. The van der Waals surface area contributed by atoms with E-state index in [1.807, 2.05) is 6.07 Å². The van der Waals surface area contributed by atoms with Gasteiger partial charge in [-0.05, 0) is 37.6 Å². The van der Waals surface area contributed by atoms with Crippen molar-refractivity contribution in [1.29, 1.82) is 5.26 Å². The van der Waals surface area contributed by atoms with Gasteiger partial charge in [0, 0.05) is 10.9 Å². The van der Waals surface area contributed by atoms with Crippen LogP contribution in [0.1, 0.15) is 35.5 Å². The minimum atomic E-state index is -0.444. The number of halogens is 1. The van der Waals surface area contributed by atoms with Crippen molar-refractivity contribution in [3.63, 3.8) is 0 Å². The number of aryl methyl sites for hydroxylation is 1. The molecular weight excluding hydrogens is 349 g/mol. The van der Waals surface area contributed by atoms with Crippen LogP contribution in [0.2, 0.25) is 0 Å². The van der Waals surface area contributed by atoms with Crippen molar-refractivity contribution in [3.05, 3.63) is 69.3 Å². The topological polar surface area (TPSA) is 112 Å². The Bertz CT molecular complexity index is 1120. The lowest BCUT2D eigenvalue weighted by molar-refractivity contribution is -0.121. The zero-order chi connectivity index (χ0) is 19.6. The van der Waals surface area contributed by atoms with Gasteiger partial charge in [0.2, 0.25) is 5.91 Å². The zero-order valence-electron chi connectivity index (χ0n) is 14.7. The number of amides is 1. The van der Waals surface area contributed by atoms with Gasteiger partial charge in [-0.25, -0.2) is 9.37 Å². The number of nitrogens with one attached hydrogen (secondary N) is 2. The molecule has 0 aliphatic rings. The molecule has 2 heterocycles. The molecule has 3 aromatic rings. The number of hydrogen-bond donors (Lipinski definition) is 2. The summed E-state index contributed by atoms with van der Waals surface area (Å²) in [6.07, 6.45) is 2.63. The molecule has 0 unspecified atom stereocenters. The second-order valence-electron chi connectivity index (χ2n) is 6.15. The minimum Gasteiger partial charge on any atom is -0.348 e. The maximum absolute atomic E-state index is 13.3. The van der Waals surface area contributed by atoms with Gasteiger partial charge in [-0.3, -0.25) is 14.6 Å². The second kappa shape index (κ2) is 7.33. The summed E-state index contributed by atoms with van der Waals surface area (Å²) in [5, 5.41) is 12.2. The van der Waals surface area contributed by atoms with E-state index in [9.17, 15) is 14.0 Å². The summed E-state index contributed by atoms with van der Waals surface area (Å²) in [5.74, 6) is -0.802. The number of nitrogens with zero attached hydrogens (tertiary/aromatic N) is 3. The Labute approximate surface area is 153 Å². The largest absolute Gasteiger partial charge is 0.348 e. The van der Waals surface area contributed by atoms with E-state index < -0.39 is 17.4 Å². The van der Waals surface area contributed by atoms with Crippen molar-refractivity contribution in [2.45, 2.75) is 26.3 Å². The van der Waals surface area contributed by atoms with Crippen LogP contribution in [0.25, 0.3) is 10.9 Å². The molecule has 136 valence electrons. The van der Waals surface area contributed by atoms with Gasteiger partial charge < -0.3 is 10.3 Å². The van der Waals surface area contributed by atoms with Gasteiger partial charge in [-0.15, -0.1) is 0 Å². The zero-order valence-corrected chi connectivity index (χ0v) is 14.7. The van der Waals surface area contributed by atoms with Crippen LogP contribution in [-0.2, 0) is 11.2 Å². The quantitative estimate of drug-likeness (QED) is 0.735. The summed E-state index contributed by atoms with van der Waals surface area (Å²) in [7, 11) is 0. The normalized spacial score (nSPS) is 11.8. The molecule has 0 bridgehead atoms. The average Bonchev–Trinajstić information content (AvgIpc) is 2.65. The molecule has 8 heteroatoms. The third-order valence-electron chi connectivity index (χ3n) is 4.31. The van der Waals surface area contributed by atoms with Crippen LogP contribution in [0.3, 0.4) is 0 Å². The van der Waals surface area contributed by atoms with Crippen molar-refractivity contribution < 1.29 is 9.18 Å². The number of H-pyrrole nitrogens is 1. The van der Waals surface area contributed by atoms with E-state index in [1.165, 1.54) is 24.5 Å². The Morgan fingerprint density at radius 2 is 2.15 bits per heavy atom. The monoisotopic (exact) mass is 365 g/mol. The Balaban J connectivity index is 1.80. The molecular formula is C19H16FN5O2. The van der Waals surface area contributed by atoms with E-state index in [-0.39, 0.29) is 18.0 Å². The highest BCUT2D eigenvalue weighted by Crippen LogP contribution is 2.19. The maximum atomic E-state index is 13.3. The number of hydrogen-bond acceptors (Lipinski definition) is 5. The molecule has 0 saturated carbocycles. The van der Waals surface area contributed by atoms with E-state index in [0.29, 0.717) is 27.7 Å². The molecule has 2 N–H and O–H groups in total. The van der Waals surface area contributed by atoms with E-state index in [0.717, 1.165) is 0 Å². The predicted molar refractivity (Wildman–Crippen MR) is 96.3 cm³/mol. The van der Waals surface area contributed by atoms with Gasteiger partial charge >= 0.3 is 0 Å². The highest BCUT2D eigenvalue weighted by atomic mass is 19.1. The standard InChI is InChI=1S/C19H16FN5O2/c1-10-14-4-3-12(20)5-16(14)25-19(27)15(10)6-18(26)24-11(2)17-9-22-13(7-21)8-23-17/h3-5,8-9,11H,6H2,1-2H3,(H,24,26)(H,25,27)/t11-/m1/s1. The molecule has 0 spiro atoms. The summed E-state index contributed by atoms with van der Waals surface area (Å²) >= 11 is 0. The van der Waals surface area contributed by atoms with Crippen LogP contribution in [-0.4, -0.2) is 20.9 Å². The van der Waals surface area contributed by atoms with Crippen molar-refractivity contribution >= 4 is 16.8 Å². The van der Waals surface area contributed by atoms with Crippen LogP contribution in [0.5, 0.6) is 0 Å². The third-order valence-corrected chi connectivity index (χ3v) is 4.31. The number of carbonyl (C=O) groups excluding carboxylic acids is 1. The van der Waals surface area contributed by atoms with E-state index in [4.69, 9.17) is 5.26 Å². The fourth-order valence-corrected chi connectivity index (χ4v) is 2.84. The molecule has 0 saturated heterocycles. The smallest absolute Gasteiger partial charge is 0.252 e. The van der Waals surface area contributed by atoms with Gasteiger partial charge in [0.15, 0.2) is 5.69 Å². The van der Waals surface area contributed by atoms with Crippen LogP contribution in [0.4, 0.5) is 4.39 Å². The second-order valence-corrected chi connectivity index (χ2v) is 6.15. The molecule has 0 fully saturated rings. The molecule has 0 aliphatic carbocycles. The Morgan fingerprint density at radius 3 is 2.81 bits per heavy atom. The molecule has 2 aromatic heterocycles. The average molecular weight is 365 g/mol. The molecule has 7 nitrogen and oxygen atoms in total. The first-order chi connectivity index (χ1) is 12.9. The van der Waals surface area contributed by atoms with E-state index in [1.54, 1.807) is 19.9 Å². The van der Waals surface area contributed by atoms with Crippen molar-refractivity contribution in [2.24, 2.45) is 0 Å². The van der Waals surface area contributed by atoms with Crippen molar-refractivity contribution in [1.82, 2.24) is 20.3 Å². The first-order valence-corrected chi connectivity index (χ1v) is 8.21. The molecule has 1 amide bonds. The van der Waals surface area contributed by atoms with Crippen LogP contribution < -0.4 is 10.9 Å². The number of aromatic amines is 1. The molecule has 1 atom stereocenters. The summed E-state index contributed by atoms with van der Waals surface area (Å²) in [6, 6.07) is 5.57. The molecule has 27 heavy (non-hydrogen) atoms. The first-order valence-electron chi connectivity index (χ1n) is 8.21. The van der Waals surface area contributed by atoms with Gasteiger partial charge in [0.05, 0.1) is 36.1 Å². The highest BCUT2D eigenvalue weighted by Gasteiger charge is 2.16. The minimum absolute atomic E-state index is 0.122. The Kier molecular flexibility index (Phi) is 4.94. The lowest BCUT2D eigenvalue weighted by Gasteiger charge is -2.14. The first kappa shape index (κ1) is 18.2. The van der Waals surface area contributed by atoms with Gasteiger partial charge in [0.25, 0.3) is 5.56 Å². The number of pyridine rings is 1. The van der Waals surface area contributed by atoms with Crippen LogP contribution >= 0.6 is 0 Å². The van der Waals surface area contributed by atoms with Crippen LogP contribution in [0.15, 0.2) is 35.4 Å². The lowest BCUT2D eigenvalue weighted by atomic mass is 10.0. The number of aromatic nitrogens is 3. The van der Waals surface area contributed by atoms with E-state index >= 15 is 0 Å². The highest BCUT2D eigenvalue weighted by molar-refractivity contribution is 5.85. The van der Waals surface area contributed by atoms with Crippen molar-refractivity contribution in [3.8, 4) is 6.07 Å². The molecule has 3 rings (SSSR count). The number of carbonyl (C=O) groups is 1. The fourth-order valence-electron chi connectivity index (χ4n) is 2.84. The molecule has 0 radical (unpaired) electrons. The number of nitriles is 1. The third kappa shape index (κ3) is 3.82. The van der Waals surface area contributed by atoms with Gasteiger partial charge in [-0.2, -0.15) is 5.26 Å². The Hall–Kier alpha value is -3.60. The van der Waals surface area contributed by atoms with Crippen LogP contribution in [0, 0.1) is 24.1 Å². The predicted octanol–water partition coefficient (Wildman–Crippen LogP) is 2.06. The molecule has 0 aliphatic heterocycles. The van der Waals surface area contributed by atoms with Crippen molar-refractivity contribution in [2.75, 3.05) is 0 Å². The SMILES string of the molecule is Cc1c(CC(=O)N[C@H](C)c2cnc(C#N)cn2)c(=O)[nH]c2cc(F)ccc12. The number of fused-ring (bicyclic) bond motifs is 1. The summed E-state index contributed by atoms with van der Waals surface area (Å²) < 4.78 is 13.3. The summed E-state index contributed by atoms with van der Waals surface area (Å²) in [5.41, 5.74) is 1.61.